The number of ketones is 1. The molecule has 82 valence electrons. The van der Waals surface area contributed by atoms with Crippen molar-refractivity contribution in [1.29, 1.82) is 0 Å². The number of nitrogens with two attached hydrogens (primary N) is 1. The van der Waals surface area contributed by atoms with E-state index < -0.39 is 17.5 Å². The highest BCUT2D eigenvalue weighted by Gasteiger charge is 2.40. The lowest BCUT2D eigenvalue weighted by Crippen LogP contribution is -2.23. The number of nitrogen functional groups attached to an aromatic ring is 1. The predicted molar refractivity (Wildman–Crippen MR) is 50.6 cm³/mol. The Bertz CT molecular complexity index is 385. The number of anilines is 1. The molecule has 0 aliphatic heterocycles. The summed E-state index contributed by atoms with van der Waals surface area (Å²) in [6.07, 6.45) is -4.32. The first kappa shape index (κ1) is 11.6. The van der Waals surface area contributed by atoms with Gasteiger partial charge in [-0.1, -0.05) is 13.0 Å². The van der Waals surface area contributed by atoms with Gasteiger partial charge in [0, 0.05) is 5.69 Å². The van der Waals surface area contributed by atoms with Crippen molar-refractivity contribution in [3.8, 4) is 0 Å². The number of hydrogen-bond donors (Lipinski definition) is 1. The molecular weight excluding hydrogens is 207 g/mol. The molecule has 0 spiro atoms. The van der Waals surface area contributed by atoms with E-state index in [0.717, 1.165) is 0 Å². The monoisotopic (exact) mass is 217 g/mol. The smallest absolute Gasteiger partial charge is 0.398 e. The van der Waals surface area contributed by atoms with Crippen LogP contribution in [0.15, 0.2) is 18.2 Å². The van der Waals surface area contributed by atoms with E-state index in [1.54, 1.807) is 13.0 Å². The number of carbonyl (C=O) groups is 1. The molecule has 0 aliphatic carbocycles. The number of benzene rings is 1. The molecule has 1 rings (SSSR count). The molecule has 0 radical (unpaired) electrons. The molecule has 0 aromatic heterocycles. The fraction of sp³-hybridized carbons (Fsp3) is 0.300. The maximum atomic E-state index is 12.1. The molecule has 1 aromatic carbocycles. The second-order valence-corrected chi connectivity index (χ2v) is 3.10. The van der Waals surface area contributed by atoms with Crippen LogP contribution in [0.4, 0.5) is 18.9 Å². The summed E-state index contributed by atoms with van der Waals surface area (Å²) >= 11 is 0. The van der Waals surface area contributed by atoms with Crippen LogP contribution in [0.25, 0.3) is 0 Å². The van der Waals surface area contributed by atoms with Crippen molar-refractivity contribution in [2.24, 2.45) is 0 Å². The summed E-state index contributed by atoms with van der Waals surface area (Å²) in [6.45, 7) is 1.79. The van der Waals surface area contributed by atoms with Crippen LogP contribution in [0.2, 0.25) is 0 Å². The molecule has 0 fully saturated rings. The van der Waals surface area contributed by atoms with Gasteiger partial charge in [0.05, 0.1) is 5.56 Å². The highest BCUT2D eigenvalue weighted by atomic mass is 19.4. The summed E-state index contributed by atoms with van der Waals surface area (Å²) in [7, 11) is 0. The van der Waals surface area contributed by atoms with Crippen molar-refractivity contribution in [2.75, 3.05) is 5.73 Å². The lowest BCUT2D eigenvalue weighted by Gasteiger charge is -2.09. The maximum Gasteiger partial charge on any atom is 0.454 e. The van der Waals surface area contributed by atoms with Gasteiger partial charge < -0.3 is 5.73 Å². The van der Waals surface area contributed by atoms with Crippen molar-refractivity contribution in [1.82, 2.24) is 0 Å². The van der Waals surface area contributed by atoms with E-state index in [-0.39, 0.29) is 5.69 Å². The van der Waals surface area contributed by atoms with Crippen LogP contribution in [0, 0.1) is 0 Å². The number of carbonyl (C=O) groups excluding carboxylic acids is 1. The number of halogens is 3. The average Bonchev–Trinajstić information content (AvgIpc) is 2.16. The molecule has 0 bridgehead atoms. The zero-order valence-electron chi connectivity index (χ0n) is 8.06. The molecule has 2 N–H and O–H groups in total. The van der Waals surface area contributed by atoms with Gasteiger partial charge in [0.25, 0.3) is 5.78 Å². The Kier molecular flexibility index (Phi) is 3.02. The van der Waals surface area contributed by atoms with Gasteiger partial charge in [-0.05, 0) is 24.1 Å². The number of alkyl halides is 3. The van der Waals surface area contributed by atoms with Crippen molar-refractivity contribution >= 4 is 11.5 Å². The van der Waals surface area contributed by atoms with Gasteiger partial charge in [-0.15, -0.1) is 0 Å². The molecule has 1 aromatic rings. The quantitative estimate of drug-likeness (QED) is 0.611. The predicted octanol–water partition coefficient (Wildman–Crippen LogP) is 2.58. The fourth-order valence-electron chi connectivity index (χ4n) is 1.17. The molecule has 2 nitrogen and oxygen atoms in total. The third-order valence-electron chi connectivity index (χ3n) is 2.03. The first-order valence-electron chi connectivity index (χ1n) is 4.36. The Labute approximate surface area is 84.9 Å². The molecule has 0 atom stereocenters. The van der Waals surface area contributed by atoms with Gasteiger partial charge in [-0.3, -0.25) is 4.79 Å². The molecule has 0 amide bonds. The summed E-state index contributed by atoms with van der Waals surface area (Å²) in [5.41, 5.74) is 5.36. The van der Waals surface area contributed by atoms with E-state index in [9.17, 15) is 18.0 Å². The Balaban J connectivity index is 3.19. The Morgan fingerprint density at radius 3 is 2.47 bits per heavy atom. The highest BCUT2D eigenvalue weighted by molar-refractivity contribution is 6.04. The van der Waals surface area contributed by atoms with E-state index in [1.165, 1.54) is 12.1 Å². The summed E-state index contributed by atoms with van der Waals surface area (Å²) in [4.78, 5) is 11.0. The number of Topliss-reactive ketones (excluding diaryl/α,β-unsaturated/α-hetero) is 1. The van der Waals surface area contributed by atoms with Crippen molar-refractivity contribution in [3.63, 3.8) is 0 Å². The third kappa shape index (κ3) is 2.49. The average molecular weight is 217 g/mol. The zero-order chi connectivity index (χ0) is 11.6. The fourth-order valence-corrected chi connectivity index (χ4v) is 1.17. The van der Waals surface area contributed by atoms with E-state index in [2.05, 4.69) is 0 Å². The van der Waals surface area contributed by atoms with E-state index in [0.29, 0.717) is 12.0 Å². The molecule has 0 saturated heterocycles. The van der Waals surface area contributed by atoms with E-state index in [1.807, 2.05) is 0 Å². The minimum atomic E-state index is -4.87. The summed E-state index contributed by atoms with van der Waals surface area (Å²) < 4.78 is 36.4. The van der Waals surface area contributed by atoms with Crippen LogP contribution in [-0.2, 0) is 6.42 Å². The second-order valence-electron chi connectivity index (χ2n) is 3.10. The molecule has 0 aliphatic rings. The van der Waals surface area contributed by atoms with Crippen LogP contribution < -0.4 is 5.73 Å². The van der Waals surface area contributed by atoms with Gasteiger partial charge in [-0.25, -0.2) is 0 Å². The van der Waals surface area contributed by atoms with Crippen molar-refractivity contribution in [3.05, 3.63) is 29.3 Å². The van der Waals surface area contributed by atoms with Gasteiger partial charge >= 0.3 is 6.18 Å². The lowest BCUT2D eigenvalue weighted by molar-refractivity contribution is -0.0884. The Morgan fingerprint density at radius 1 is 1.40 bits per heavy atom. The van der Waals surface area contributed by atoms with Gasteiger partial charge in [0.2, 0.25) is 0 Å². The third-order valence-corrected chi connectivity index (χ3v) is 2.03. The molecular formula is C10H10F3NO. The van der Waals surface area contributed by atoms with Gasteiger partial charge in [0.15, 0.2) is 0 Å². The standard InChI is InChI=1S/C10H10F3NO/c1-2-6-3-4-8(14)7(5-6)9(15)10(11,12)13/h3-5H,2,14H2,1H3. The van der Waals surface area contributed by atoms with Gasteiger partial charge in [-0.2, -0.15) is 13.2 Å². The van der Waals surface area contributed by atoms with Gasteiger partial charge in [0.1, 0.15) is 0 Å². The SMILES string of the molecule is CCc1ccc(N)c(C(=O)C(F)(F)F)c1. The number of rotatable bonds is 2. The second kappa shape index (κ2) is 3.92. The normalized spacial score (nSPS) is 11.5. The Hall–Kier alpha value is -1.52. The van der Waals surface area contributed by atoms with Crippen molar-refractivity contribution in [2.45, 2.75) is 19.5 Å². The van der Waals surface area contributed by atoms with Crippen LogP contribution in [0.1, 0.15) is 22.8 Å². The summed E-state index contributed by atoms with van der Waals surface area (Å²) in [6, 6.07) is 4.10. The maximum absolute atomic E-state index is 12.1. The van der Waals surface area contributed by atoms with E-state index in [4.69, 9.17) is 5.73 Å². The highest BCUT2D eigenvalue weighted by Crippen LogP contribution is 2.25. The molecule has 0 unspecified atom stereocenters. The molecule has 0 saturated carbocycles. The largest absolute Gasteiger partial charge is 0.454 e. The van der Waals surface area contributed by atoms with Crippen LogP contribution >= 0.6 is 0 Å². The van der Waals surface area contributed by atoms with Crippen LogP contribution in [-0.4, -0.2) is 12.0 Å². The summed E-state index contributed by atoms with van der Waals surface area (Å²) in [5, 5.41) is 0. The molecule has 0 heterocycles. The van der Waals surface area contributed by atoms with E-state index >= 15 is 0 Å². The molecule has 5 heteroatoms. The Morgan fingerprint density at radius 2 is 2.00 bits per heavy atom. The summed E-state index contributed by atoms with van der Waals surface area (Å²) in [5.74, 6) is -1.89. The topological polar surface area (TPSA) is 43.1 Å². The number of hydrogen-bond acceptors (Lipinski definition) is 2. The minimum Gasteiger partial charge on any atom is -0.398 e. The number of aryl methyl sites for hydroxylation is 1. The lowest BCUT2D eigenvalue weighted by atomic mass is 10.0. The van der Waals surface area contributed by atoms with Crippen LogP contribution in [0.3, 0.4) is 0 Å². The minimum absolute atomic E-state index is 0.144. The first-order valence-corrected chi connectivity index (χ1v) is 4.36. The zero-order valence-corrected chi connectivity index (χ0v) is 8.06. The molecule has 15 heavy (non-hydrogen) atoms. The van der Waals surface area contributed by atoms with Crippen molar-refractivity contribution < 1.29 is 18.0 Å². The van der Waals surface area contributed by atoms with Crippen LogP contribution in [0.5, 0.6) is 0 Å². The first-order chi connectivity index (χ1) is 6.86.